The van der Waals surface area contributed by atoms with Crippen LogP contribution < -0.4 is 5.32 Å². The van der Waals surface area contributed by atoms with Crippen LogP contribution in [0.15, 0.2) is 12.3 Å². The average Bonchev–Trinajstić information content (AvgIpc) is 3.27. The van der Waals surface area contributed by atoms with Gasteiger partial charge in [0, 0.05) is 13.2 Å². The van der Waals surface area contributed by atoms with E-state index in [1.54, 1.807) is 6.20 Å². The van der Waals surface area contributed by atoms with Gasteiger partial charge in [0.2, 0.25) is 0 Å². The summed E-state index contributed by atoms with van der Waals surface area (Å²) in [4.78, 5) is 16.1. The van der Waals surface area contributed by atoms with Gasteiger partial charge < -0.3 is 14.8 Å². The van der Waals surface area contributed by atoms with Crippen molar-refractivity contribution < 1.29 is 18.4 Å². The number of hydrogen-bond donors (Lipinski definition) is 1. The summed E-state index contributed by atoms with van der Waals surface area (Å²) in [5, 5.41) is 3.11. The van der Waals surface area contributed by atoms with E-state index in [4.69, 9.17) is 13.6 Å². The van der Waals surface area contributed by atoms with Gasteiger partial charge >= 0.3 is 5.97 Å². The molecule has 1 heterocycles. The van der Waals surface area contributed by atoms with E-state index in [2.05, 4.69) is 10.3 Å². The van der Waals surface area contributed by atoms with Crippen molar-refractivity contribution in [3.05, 3.63) is 23.5 Å². The summed E-state index contributed by atoms with van der Waals surface area (Å²) in [5.74, 6) is -0.0890. The lowest BCUT2D eigenvalue weighted by molar-refractivity contribution is -0.0473. The van der Waals surface area contributed by atoms with E-state index < -0.39 is 18.7 Å². The number of pyridine rings is 1. The van der Waals surface area contributed by atoms with Crippen LogP contribution in [0.1, 0.15) is 58.2 Å². The molecular formula is C15H20N2O3. The van der Waals surface area contributed by atoms with Crippen molar-refractivity contribution in [2.75, 3.05) is 19.5 Å². The highest BCUT2D eigenvalue weighted by Crippen LogP contribution is 2.42. The summed E-state index contributed by atoms with van der Waals surface area (Å²) < 4.78 is 32.1. The van der Waals surface area contributed by atoms with Crippen LogP contribution in [-0.2, 0) is 9.47 Å². The van der Waals surface area contributed by atoms with Gasteiger partial charge in [0.25, 0.3) is 0 Å². The number of ether oxygens (including phenoxy) is 2. The zero-order chi connectivity index (χ0) is 16.7. The van der Waals surface area contributed by atoms with Gasteiger partial charge in [-0.15, -0.1) is 0 Å². The predicted molar refractivity (Wildman–Crippen MR) is 74.8 cm³/mol. The Labute approximate surface area is 122 Å². The van der Waals surface area contributed by atoms with Gasteiger partial charge in [-0.25, -0.2) is 9.78 Å². The molecule has 2 aliphatic rings. The summed E-state index contributed by atoms with van der Waals surface area (Å²) in [7, 11) is -1.21. The van der Waals surface area contributed by atoms with Crippen molar-refractivity contribution in [2.24, 2.45) is 0 Å². The maximum Gasteiger partial charge on any atom is 0.358 e. The van der Waals surface area contributed by atoms with Crippen LogP contribution in [-0.4, -0.2) is 30.8 Å². The molecule has 1 aromatic heterocycles. The highest BCUT2D eigenvalue weighted by molar-refractivity contribution is 5.93. The average molecular weight is 279 g/mol. The number of anilines is 1. The SMILES string of the molecule is [2H]C([2H])([2H])OC1(Nc2cc(C3CC3)cnc2C(=O)OC)CCC1. The molecule has 0 saturated heterocycles. The van der Waals surface area contributed by atoms with Gasteiger partial charge in [-0.3, -0.25) is 0 Å². The third kappa shape index (κ3) is 2.38. The standard InChI is InChI=1S/C15H20N2O3/c1-19-14(18)13-12(17-15(20-2)6-3-7-15)8-11(9-16-13)10-4-5-10/h8-10,17H,3-7H2,1-2H3/i2D3. The molecule has 0 aromatic carbocycles. The summed E-state index contributed by atoms with van der Waals surface area (Å²) in [6.45, 7) is 0. The Morgan fingerprint density at radius 3 is 2.90 bits per heavy atom. The lowest BCUT2D eigenvalue weighted by atomic mass is 9.87. The summed E-state index contributed by atoms with van der Waals surface area (Å²) >= 11 is 0. The second-order valence-electron chi connectivity index (χ2n) is 5.51. The normalized spacial score (nSPS) is 22.9. The van der Waals surface area contributed by atoms with Gasteiger partial charge in [-0.05, 0) is 49.7 Å². The Kier molecular flexibility index (Phi) is 2.57. The van der Waals surface area contributed by atoms with Gasteiger partial charge in [0.05, 0.1) is 16.9 Å². The van der Waals surface area contributed by atoms with Crippen LogP contribution in [0.5, 0.6) is 0 Å². The number of aromatic nitrogens is 1. The topological polar surface area (TPSA) is 60.5 Å². The van der Waals surface area contributed by atoms with Crippen molar-refractivity contribution in [2.45, 2.75) is 43.7 Å². The quantitative estimate of drug-likeness (QED) is 0.663. The maximum absolute atomic E-state index is 11.9. The molecular weight excluding hydrogens is 256 g/mol. The van der Waals surface area contributed by atoms with E-state index in [1.807, 2.05) is 6.07 Å². The molecule has 0 radical (unpaired) electrons. The Bertz CT molecular complexity index is 610. The fourth-order valence-electron chi connectivity index (χ4n) is 2.47. The Morgan fingerprint density at radius 1 is 1.55 bits per heavy atom. The number of carbonyl (C=O) groups excluding carboxylic acids is 1. The number of hydrogen-bond acceptors (Lipinski definition) is 5. The van der Waals surface area contributed by atoms with E-state index >= 15 is 0 Å². The van der Waals surface area contributed by atoms with Crippen LogP contribution in [0, 0.1) is 0 Å². The molecule has 0 atom stereocenters. The third-order valence-corrected chi connectivity index (χ3v) is 4.06. The number of esters is 1. The molecule has 0 unspecified atom stereocenters. The Hall–Kier alpha value is -1.62. The maximum atomic E-state index is 11.9. The molecule has 5 nitrogen and oxygen atoms in total. The van der Waals surface area contributed by atoms with E-state index in [0.717, 1.165) is 24.8 Å². The lowest BCUT2D eigenvalue weighted by Crippen LogP contribution is -2.47. The molecule has 108 valence electrons. The predicted octanol–water partition coefficient (Wildman–Crippen LogP) is 2.68. The fraction of sp³-hybridized carbons (Fsp3) is 0.600. The van der Waals surface area contributed by atoms with E-state index in [1.165, 1.54) is 7.11 Å². The number of nitrogens with one attached hydrogen (secondary N) is 1. The van der Waals surface area contributed by atoms with E-state index in [0.29, 0.717) is 24.4 Å². The van der Waals surface area contributed by atoms with Crippen LogP contribution in [0.25, 0.3) is 0 Å². The van der Waals surface area contributed by atoms with Gasteiger partial charge in [0.15, 0.2) is 5.69 Å². The second kappa shape index (κ2) is 5.05. The summed E-state index contributed by atoms with van der Waals surface area (Å²) in [6, 6.07) is 1.86. The second-order valence-corrected chi connectivity index (χ2v) is 5.51. The Balaban J connectivity index is 1.89. The molecule has 20 heavy (non-hydrogen) atoms. The minimum atomic E-state index is -2.50. The molecule has 2 saturated carbocycles. The Morgan fingerprint density at radius 2 is 2.35 bits per heavy atom. The molecule has 2 aliphatic carbocycles. The number of nitrogens with zero attached hydrogens (tertiary/aromatic N) is 1. The molecule has 1 N–H and O–H groups in total. The minimum Gasteiger partial charge on any atom is -0.464 e. The zero-order valence-electron chi connectivity index (χ0n) is 14.4. The number of methoxy groups -OCH3 is 2. The van der Waals surface area contributed by atoms with Gasteiger partial charge in [-0.1, -0.05) is 0 Å². The van der Waals surface area contributed by atoms with Crippen molar-refractivity contribution in [1.29, 1.82) is 0 Å². The number of rotatable bonds is 5. The molecule has 0 bridgehead atoms. The van der Waals surface area contributed by atoms with Crippen LogP contribution in [0.4, 0.5) is 5.69 Å². The molecule has 5 heteroatoms. The monoisotopic (exact) mass is 279 g/mol. The van der Waals surface area contributed by atoms with E-state index in [-0.39, 0.29) is 5.69 Å². The zero-order valence-corrected chi connectivity index (χ0v) is 11.4. The molecule has 1 aromatic rings. The molecule has 3 rings (SSSR count). The first-order valence-electron chi connectivity index (χ1n) is 8.38. The largest absolute Gasteiger partial charge is 0.464 e. The van der Waals surface area contributed by atoms with Gasteiger partial charge in [-0.2, -0.15) is 0 Å². The highest BCUT2D eigenvalue weighted by Gasteiger charge is 2.38. The molecule has 0 amide bonds. The van der Waals surface area contributed by atoms with Crippen molar-refractivity contribution in [3.63, 3.8) is 0 Å². The smallest absolute Gasteiger partial charge is 0.358 e. The summed E-state index contributed by atoms with van der Waals surface area (Å²) in [5.41, 5.74) is 0.698. The van der Waals surface area contributed by atoms with Crippen LogP contribution >= 0.6 is 0 Å². The molecule has 2 fully saturated rings. The first-order chi connectivity index (χ1) is 10.8. The van der Waals surface area contributed by atoms with Crippen LogP contribution in [0.3, 0.4) is 0 Å². The number of carbonyl (C=O) groups is 1. The minimum absolute atomic E-state index is 0.150. The third-order valence-electron chi connectivity index (χ3n) is 4.06. The first kappa shape index (κ1) is 10.2. The molecule has 0 spiro atoms. The lowest BCUT2D eigenvalue weighted by Gasteiger charge is -2.42. The summed E-state index contributed by atoms with van der Waals surface area (Å²) in [6.07, 6.45) is 5.91. The van der Waals surface area contributed by atoms with Crippen molar-refractivity contribution in [3.8, 4) is 0 Å². The fourth-order valence-corrected chi connectivity index (χ4v) is 2.47. The van der Waals surface area contributed by atoms with E-state index in [9.17, 15) is 4.79 Å². The van der Waals surface area contributed by atoms with Crippen molar-refractivity contribution in [1.82, 2.24) is 4.98 Å². The molecule has 0 aliphatic heterocycles. The van der Waals surface area contributed by atoms with Gasteiger partial charge in [0.1, 0.15) is 5.72 Å². The first-order valence-corrected chi connectivity index (χ1v) is 6.88. The highest BCUT2D eigenvalue weighted by atomic mass is 16.5. The van der Waals surface area contributed by atoms with Crippen LogP contribution in [0.2, 0.25) is 0 Å². The van der Waals surface area contributed by atoms with Crippen molar-refractivity contribution >= 4 is 11.7 Å².